The lowest BCUT2D eigenvalue weighted by Crippen LogP contribution is -2.59. The molecule has 0 saturated carbocycles. The number of nitrogens with zero attached hydrogens (tertiary/aromatic N) is 1. The van der Waals surface area contributed by atoms with Crippen molar-refractivity contribution >= 4 is 28.6 Å². The summed E-state index contributed by atoms with van der Waals surface area (Å²) >= 11 is 0.992. The van der Waals surface area contributed by atoms with Gasteiger partial charge < -0.3 is 20.5 Å². The number of ether oxygens (including phenoxy) is 2. The lowest BCUT2D eigenvalue weighted by Gasteiger charge is -2.27. The van der Waals surface area contributed by atoms with Gasteiger partial charge in [-0.3, -0.25) is 9.78 Å². The van der Waals surface area contributed by atoms with Crippen LogP contribution in [0.1, 0.15) is 12.5 Å². The fourth-order valence-corrected chi connectivity index (χ4v) is 2.83. The molecule has 0 spiro atoms. The monoisotopic (exact) mass is 395 g/mol. The van der Waals surface area contributed by atoms with E-state index in [-0.39, 0.29) is 17.5 Å². The summed E-state index contributed by atoms with van der Waals surface area (Å²) in [5.41, 5.74) is 3.79. The highest BCUT2D eigenvalue weighted by atomic mass is 32.2. The van der Waals surface area contributed by atoms with Gasteiger partial charge in [-0.05, 0) is 25.3 Å². The Hall–Kier alpha value is -2.41. The number of nitrogens with one attached hydrogen (secondary N) is 1. The number of aromatic nitrogens is 1. The van der Waals surface area contributed by atoms with Gasteiger partial charge in [0.05, 0.1) is 6.61 Å². The van der Waals surface area contributed by atoms with Crippen molar-refractivity contribution in [2.45, 2.75) is 18.0 Å². The first-order valence-electron chi connectivity index (χ1n) is 7.76. The first-order chi connectivity index (χ1) is 12.7. The van der Waals surface area contributed by atoms with Crippen LogP contribution in [0.2, 0.25) is 0 Å². The molecular weight excluding hydrogens is 376 g/mol. The Balaban J connectivity index is 2.33. The van der Waals surface area contributed by atoms with Gasteiger partial charge in [-0.1, -0.05) is 5.92 Å². The van der Waals surface area contributed by atoms with Crippen LogP contribution in [0.4, 0.5) is 8.78 Å². The first-order valence-corrected chi connectivity index (χ1v) is 9.05. The van der Waals surface area contributed by atoms with E-state index >= 15 is 0 Å². The maximum atomic E-state index is 14.4. The van der Waals surface area contributed by atoms with Gasteiger partial charge >= 0.3 is 0 Å². The summed E-state index contributed by atoms with van der Waals surface area (Å²) in [5.74, 6) is -1.11. The zero-order chi connectivity index (χ0) is 20.2. The van der Waals surface area contributed by atoms with Crippen molar-refractivity contribution in [2.24, 2.45) is 5.73 Å². The van der Waals surface area contributed by atoms with Crippen LogP contribution >= 0.6 is 11.8 Å². The molecule has 0 fully saturated rings. The van der Waals surface area contributed by atoms with Crippen molar-refractivity contribution in [1.82, 2.24) is 10.3 Å². The third-order valence-electron chi connectivity index (χ3n) is 3.50. The molecule has 0 aliphatic rings. The Morgan fingerprint density at radius 3 is 2.78 bits per heavy atom. The van der Waals surface area contributed by atoms with E-state index in [4.69, 9.17) is 21.6 Å². The lowest BCUT2D eigenvalue weighted by atomic mass is 10.1. The first kappa shape index (κ1) is 20.9. The average molecular weight is 395 g/mol. The molecule has 2 rings (SSSR count). The number of carbonyl (C=O) groups excluding carboxylic acids is 1. The number of rotatable bonds is 7. The summed E-state index contributed by atoms with van der Waals surface area (Å²) in [6.07, 6.45) is 8.16. The summed E-state index contributed by atoms with van der Waals surface area (Å²) in [5, 5.41) is 2.78. The molecule has 2 unspecified atom stereocenters. The van der Waals surface area contributed by atoms with Crippen molar-refractivity contribution in [2.75, 3.05) is 20.0 Å². The molecular formula is C18H19F2N3O3S. The Morgan fingerprint density at radius 2 is 2.19 bits per heavy atom. The number of amides is 1. The molecule has 1 aromatic carbocycles. The Kier molecular flexibility index (Phi) is 6.59. The summed E-state index contributed by atoms with van der Waals surface area (Å²) in [4.78, 5) is 16.2. The van der Waals surface area contributed by atoms with Gasteiger partial charge in [0.25, 0.3) is 5.91 Å². The average Bonchev–Trinajstić information content (AvgIpc) is 2.62. The molecule has 27 heavy (non-hydrogen) atoms. The number of fused-ring (bicyclic) bond motifs is 1. The van der Waals surface area contributed by atoms with Crippen LogP contribution in [0.3, 0.4) is 0 Å². The third-order valence-corrected chi connectivity index (χ3v) is 4.24. The maximum absolute atomic E-state index is 14.4. The van der Waals surface area contributed by atoms with Crippen molar-refractivity contribution in [3.05, 3.63) is 35.5 Å². The van der Waals surface area contributed by atoms with Crippen molar-refractivity contribution in [3.63, 3.8) is 0 Å². The van der Waals surface area contributed by atoms with E-state index in [1.165, 1.54) is 25.4 Å². The molecule has 3 N–H and O–H groups in total. The number of nitrogens with two attached hydrogens (primary N) is 1. The highest BCUT2D eigenvalue weighted by Gasteiger charge is 2.28. The van der Waals surface area contributed by atoms with E-state index in [1.54, 1.807) is 13.2 Å². The van der Waals surface area contributed by atoms with Crippen LogP contribution in [0.5, 0.6) is 5.75 Å². The van der Waals surface area contributed by atoms with Crippen LogP contribution in [0.15, 0.2) is 18.3 Å². The molecule has 0 radical (unpaired) electrons. The molecule has 2 aromatic rings. The second kappa shape index (κ2) is 8.52. The largest absolute Gasteiger partial charge is 0.467 e. The quantitative estimate of drug-likeness (QED) is 0.551. The minimum Gasteiger partial charge on any atom is -0.467 e. The zero-order valence-corrected chi connectivity index (χ0v) is 15.8. The summed E-state index contributed by atoms with van der Waals surface area (Å²) in [6, 6.07) is 2.72. The standard InChI is InChI=1S/C18H19F2N3O3S/c1-5-10-6-11-7-12(13(19)14(20)15(11)22-8-10)26-17(27-4)16(24)23-18(2,21)9-25-3/h1,6-8,17H,9,21H2,2-4H3,(H,23,24). The normalized spacial score (nSPS) is 14.3. The molecule has 2 atom stereocenters. The second-order valence-electron chi connectivity index (χ2n) is 5.97. The van der Waals surface area contributed by atoms with Crippen LogP contribution in [-0.4, -0.2) is 42.0 Å². The molecule has 6 nitrogen and oxygen atoms in total. The van der Waals surface area contributed by atoms with Crippen molar-refractivity contribution < 1.29 is 23.0 Å². The van der Waals surface area contributed by atoms with Crippen LogP contribution in [0.25, 0.3) is 10.9 Å². The van der Waals surface area contributed by atoms with Crippen LogP contribution in [-0.2, 0) is 9.53 Å². The minimum atomic E-state index is -1.25. The topological polar surface area (TPSA) is 86.5 Å². The molecule has 0 saturated heterocycles. The van der Waals surface area contributed by atoms with E-state index < -0.39 is 34.4 Å². The SMILES string of the molecule is C#Cc1cnc2c(F)c(F)c(OC(SC)C(=O)NC(C)(N)COC)cc2c1. The molecule has 144 valence electrons. The third kappa shape index (κ3) is 4.86. The fourth-order valence-electron chi connectivity index (χ4n) is 2.36. The number of hydrogen-bond acceptors (Lipinski definition) is 6. The van der Waals surface area contributed by atoms with Crippen molar-refractivity contribution in [1.29, 1.82) is 0 Å². The number of terminal acetylenes is 1. The Morgan fingerprint density at radius 1 is 1.48 bits per heavy atom. The Bertz CT molecular complexity index is 900. The molecule has 1 aromatic heterocycles. The highest BCUT2D eigenvalue weighted by Crippen LogP contribution is 2.30. The summed E-state index contributed by atoms with van der Waals surface area (Å²) in [7, 11) is 1.44. The van der Waals surface area contributed by atoms with Crippen LogP contribution < -0.4 is 15.8 Å². The zero-order valence-electron chi connectivity index (χ0n) is 15.0. The van der Waals surface area contributed by atoms with Gasteiger partial charge in [0.2, 0.25) is 11.3 Å². The maximum Gasteiger partial charge on any atom is 0.273 e. The van der Waals surface area contributed by atoms with Gasteiger partial charge in [0.15, 0.2) is 11.6 Å². The van der Waals surface area contributed by atoms with Crippen molar-refractivity contribution in [3.8, 4) is 18.1 Å². The number of carbonyl (C=O) groups is 1. The van der Waals surface area contributed by atoms with Gasteiger partial charge in [0, 0.05) is 24.3 Å². The second-order valence-corrected chi connectivity index (χ2v) is 6.87. The Labute approximate surface area is 159 Å². The van der Waals surface area contributed by atoms with Gasteiger partial charge in [-0.2, -0.15) is 4.39 Å². The summed E-state index contributed by atoms with van der Waals surface area (Å²) < 4.78 is 39.0. The van der Waals surface area contributed by atoms with Crippen LogP contribution in [0, 0.1) is 24.0 Å². The van der Waals surface area contributed by atoms with E-state index in [0.29, 0.717) is 5.56 Å². The van der Waals surface area contributed by atoms with Gasteiger partial charge in [0.1, 0.15) is 11.2 Å². The number of methoxy groups -OCH3 is 1. The molecule has 0 aliphatic carbocycles. The summed E-state index contributed by atoms with van der Waals surface area (Å²) in [6.45, 7) is 1.61. The van der Waals surface area contributed by atoms with E-state index in [2.05, 4.69) is 16.2 Å². The highest BCUT2D eigenvalue weighted by molar-refractivity contribution is 7.99. The molecule has 1 heterocycles. The lowest BCUT2D eigenvalue weighted by molar-refractivity contribution is -0.126. The number of benzene rings is 1. The van der Waals surface area contributed by atoms with Gasteiger partial charge in [-0.25, -0.2) is 4.39 Å². The number of pyridine rings is 1. The van der Waals surface area contributed by atoms with Gasteiger partial charge in [-0.15, -0.1) is 18.2 Å². The molecule has 1 amide bonds. The number of halogens is 2. The van der Waals surface area contributed by atoms with E-state index in [9.17, 15) is 13.6 Å². The fraction of sp³-hybridized carbons (Fsp3) is 0.333. The predicted molar refractivity (Wildman–Crippen MR) is 100 cm³/mol. The number of thioether (sulfide) groups is 1. The van der Waals surface area contributed by atoms with E-state index in [1.807, 2.05) is 0 Å². The molecule has 0 aliphatic heterocycles. The predicted octanol–water partition coefficient (Wildman–Crippen LogP) is 2.00. The molecule has 9 heteroatoms. The molecule has 0 bridgehead atoms. The minimum absolute atomic E-state index is 0.0549. The van der Waals surface area contributed by atoms with E-state index in [0.717, 1.165) is 11.8 Å². The number of hydrogen-bond donors (Lipinski definition) is 2. The smallest absolute Gasteiger partial charge is 0.273 e.